The Kier molecular flexibility index (Phi) is 6.12. The predicted molar refractivity (Wildman–Crippen MR) is 51.0 cm³/mol. The number of halogens is 2. The van der Waals surface area contributed by atoms with Gasteiger partial charge < -0.3 is 4.74 Å². The van der Waals surface area contributed by atoms with Crippen molar-refractivity contribution in [3.63, 3.8) is 0 Å². The van der Waals surface area contributed by atoms with Crippen LogP contribution in [0.5, 0.6) is 0 Å². The molecular weight excluding hydrogens is 208 g/mol. The van der Waals surface area contributed by atoms with Crippen LogP contribution in [0.3, 0.4) is 0 Å². The fraction of sp³-hybridized carbons (Fsp3) is 0.333. The second-order valence-corrected chi connectivity index (χ2v) is 2.61. The van der Waals surface area contributed by atoms with Gasteiger partial charge in [0.1, 0.15) is 0 Å². The van der Waals surface area contributed by atoms with Crippen LogP contribution >= 0.6 is 0 Å². The molecule has 0 bridgehead atoms. The first-order valence-corrected chi connectivity index (χ1v) is 4.02. The fourth-order valence-electron chi connectivity index (χ4n) is 0.702. The number of hydrogen-bond acceptors (Lipinski definition) is 3. The van der Waals surface area contributed by atoms with Crippen LogP contribution in [0.1, 0.15) is 6.92 Å². The van der Waals surface area contributed by atoms with Gasteiger partial charge in [0.2, 0.25) is 0 Å². The molecule has 0 spiro atoms. The molecule has 0 saturated heterocycles. The van der Waals surface area contributed by atoms with E-state index < -0.39 is 11.5 Å². The first kappa shape index (κ1) is 13.4. The van der Waals surface area contributed by atoms with Gasteiger partial charge in [-0.1, -0.05) is 18.7 Å². The maximum atomic E-state index is 11.5. The molecule has 15 heavy (non-hydrogen) atoms. The number of ether oxygens (including phenoxy) is 1. The number of nitro groups is 1. The molecular formula is C9H11F2NO3. The summed E-state index contributed by atoms with van der Waals surface area (Å²) in [5.74, 6) is 0. The molecule has 0 aliphatic heterocycles. The van der Waals surface area contributed by atoms with Gasteiger partial charge in [-0.15, -0.1) is 0 Å². The van der Waals surface area contributed by atoms with Crippen molar-refractivity contribution in [1.82, 2.24) is 0 Å². The summed E-state index contributed by atoms with van der Waals surface area (Å²) in [4.78, 5) is 9.81. The maximum absolute atomic E-state index is 11.5. The zero-order valence-electron chi connectivity index (χ0n) is 8.15. The Balaban J connectivity index is 4.22. The van der Waals surface area contributed by atoms with Crippen LogP contribution in [0.4, 0.5) is 8.78 Å². The Morgan fingerprint density at radius 1 is 1.67 bits per heavy atom. The highest BCUT2D eigenvalue weighted by molar-refractivity contribution is 5.23. The number of rotatable bonds is 6. The quantitative estimate of drug-likeness (QED) is 0.392. The van der Waals surface area contributed by atoms with Crippen LogP contribution in [-0.2, 0) is 4.74 Å². The van der Waals surface area contributed by atoms with Crippen molar-refractivity contribution in [2.45, 2.75) is 13.5 Å². The smallest absolute Gasteiger partial charge is 0.319 e. The van der Waals surface area contributed by atoms with Gasteiger partial charge in [0.05, 0.1) is 11.5 Å². The van der Waals surface area contributed by atoms with E-state index in [1.54, 1.807) is 0 Å². The maximum Gasteiger partial charge on any atom is 0.345 e. The zero-order valence-corrected chi connectivity index (χ0v) is 8.15. The molecule has 0 aliphatic carbocycles. The molecule has 0 amide bonds. The van der Waals surface area contributed by atoms with E-state index >= 15 is 0 Å². The van der Waals surface area contributed by atoms with E-state index in [4.69, 9.17) is 0 Å². The molecule has 0 atom stereocenters. The van der Waals surface area contributed by atoms with Crippen LogP contribution in [-0.4, -0.2) is 18.1 Å². The summed E-state index contributed by atoms with van der Waals surface area (Å²) >= 11 is 0. The third-order valence-electron chi connectivity index (χ3n) is 1.34. The molecule has 6 heteroatoms. The van der Waals surface area contributed by atoms with Crippen molar-refractivity contribution < 1.29 is 18.4 Å². The van der Waals surface area contributed by atoms with Gasteiger partial charge in [-0.2, -0.15) is 8.78 Å². The highest BCUT2D eigenvalue weighted by Crippen LogP contribution is 2.07. The van der Waals surface area contributed by atoms with Crippen molar-refractivity contribution in [2.24, 2.45) is 0 Å². The Morgan fingerprint density at radius 3 is 2.67 bits per heavy atom. The van der Waals surface area contributed by atoms with Crippen molar-refractivity contribution in [3.05, 3.63) is 46.2 Å². The Labute approximate surface area is 85.7 Å². The van der Waals surface area contributed by atoms with E-state index in [1.807, 2.05) is 0 Å². The number of hydrogen-bond donors (Lipinski definition) is 0. The molecule has 0 rings (SSSR count). The van der Waals surface area contributed by atoms with Crippen LogP contribution in [0, 0.1) is 10.1 Å². The van der Waals surface area contributed by atoms with E-state index in [1.165, 1.54) is 25.2 Å². The van der Waals surface area contributed by atoms with Crippen molar-refractivity contribution in [2.75, 3.05) is 6.61 Å². The summed E-state index contributed by atoms with van der Waals surface area (Å²) in [6.07, 6.45) is 3.70. The SMILES string of the molecule is C=C(C)/C(=C\C=C/COC(F)F)[N+](=O)[O-]. The fourth-order valence-corrected chi connectivity index (χ4v) is 0.702. The van der Waals surface area contributed by atoms with Gasteiger partial charge >= 0.3 is 6.61 Å². The molecule has 0 saturated carbocycles. The molecule has 0 aromatic carbocycles. The molecule has 84 valence electrons. The standard InChI is InChI=1S/C9H11F2NO3/c1-7(2)8(12(13)14)5-3-4-6-15-9(10)11/h3-5,9H,1,6H2,2H3/b4-3-,8-5+. The van der Waals surface area contributed by atoms with Crippen LogP contribution in [0.25, 0.3) is 0 Å². The van der Waals surface area contributed by atoms with E-state index in [2.05, 4.69) is 11.3 Å². The molecule has 0 aliphatic rings. The summed E-state index contributed by atoms with van der Waals surface area (Å²) in [7, 11) is 0. The minimum Gasteiger partial charge on any atom is -0.319 e. The molecule has 0 N–H and O–H groups in total. The Bertz CT molecular complexity index is 282. The molecule has 0 aromatic rings. The van der Waals surface area contributed by atoms with E-state index in [0.717, 1.165) is 0 Å². The lowest BCUT2D eigenvalue weighted by Crippen LogP contribution is -1.99. The topological polar surface area (TPSA) is 52.4 Å². The first-order chi connectivity index (χ1) is 6.95. The van der Waals surface area contributed by atoms with Gasteiger partial charge in [0.25, 0.3) is 5.70 Å². The Hall–Kier alpha value is -1.56. The summed E-state index contributed by atoms with van der Waals surface area (Å²) in [5, 5.41) is 10.4. The van der Waals surface area contributed by atoms with E-state index in [0.29, 0.717) is 5.57 Å². The van der Waals surface area contributed by atoms with Gasteiger partial charge in [-0.3, -0.25) is 10.1 Å². The summed E-state index contributed by atoms with van der Waals surface area (Å²) in [6, 6.07) is 0. The van der Waals surface area contributed by atoms with Gasteiger partial charge in [-0.25, -0.2) is 0 Å². The molecule has 0 fully saturated rings. The normalized spacial score (nSPS) is 12.4. The van der Waals surface area contributed by atoms with Crippen LogP contribution in [0.15, 0.2) is 36.1 Å². The van der Waals surface area contributed by atoms with Crippen molar-refractivity contribution >= 4 is 0 Å². The second-order valence-electron chi connectivity index (χ2n) is 2.61. The average molecular weight is 219 g/mol. The second kappa shape index (κ2) is 6.83. The first-order valence-electron chi connectivity index (χ1n) is 4.02. The molecule has 0 radical (unpaired) electrons. The molecule has 0 unspecified atom stereocenters. The minimum absolute atomic E-state index is 0.164. The number of allylic oxidation sites excluding steroid dienone is 3. The van der Waals surface area contributed by atoms with Gasteiger partial charge in [0.15, 0.2) is 0 Å². The lowest BCUT2D eigenvalue weighted by Gasteiger charge is -1.95. The van der Waals surface area contributed by atoms with E-state index in [-0.39, 0.29) is 12.3 Å². The highest BCUT2D eigenvalue weighted by atomic mass is 19.3. The zero-order chi connectivity index (χ0) is 11.8. The largest absolute Gasteiger partial charge is 0.345 e. The minimum atomic E-state index is -2.84. The number of alkyl halides is 2. The van der Waals surface area contributed by atoms with Crippen molar-refractivity contribution in [1.29, 1.82) is 0 Å². The average Bonchev–Trinajstić information content (AvgIpc) is 2.08. The highest BCUT2D eigenvalue weighted by Gasteiger charge is 2.08. The third-order valence-corrected chi connectivity index (χ3v) is 1.34. The lowest BCUT2D eigenvalue weighted by molar-refractivity contribution is -0.420. The molecule has 0 heterocycles. The monoisotopic (exact) mass is 219 g/mol. The summed E-state index contributed by atoms with van der Waals surface area (Å²) in [6.45, 7) is 1.76. The van der Waals surface area contributed by atoms with Gasteiger partial charge in [0, 0.05) is 11.6 Å². The summed E-state index contributed by atoms with van der Waals surface area (Å²) < 4.78 is 26.9. The number of nitrogens with zero attached hydrogens (tertiary/aromatic N) is 1. The molecule has 0 aromatic heterocycles. The van der Waals surface area contributed by atoms with E-state index in [9.17, 15) is 18.9 Å². The third kappa shape index (κ3) is 6.50. The Morgan fingerprint density at radius 2 is 2.27 bits per heavy atom. The van der Waals surface area contributed by atoms with Crippen LogP contribution < -0.4 is 0 Å². The summed E-state index contributed by atoms with van der Waals surface area (Å²) in [5.41, 5.74) is 0.128. The predicted octanol–water partition coefficient (Wildman–Crippen LogP) is 2.52. The lowest BCUT2D eigenvalue weighted by atomic mass is 10.2. The van der Waals surface area contributed by atoms with Crippen LogP contribution in [0.2, 0.25) is 0 Å². The van der Waals surface area contributed by atoms with Crippen molar-refractivity contribution in [3.8, 4) is 0 Å². The molecule has 4 nitrogen and oxygen atoms in total. The van der Waals surface area contributed by atoms with Gasteiger partial charge in [-0.05, 0) is 6.92 Å².